The van der Waals surface area contributed by atoms with Gasteiger partial charge in [0.05, 0.1) is 0 Å². The lowest BCUT2D eigenvalue weighted by Gasteiger charge is -1.96. The Morgan fingerprint density at radius 1 is 0.394 bits per heavy atom. The van der Waals surface area contributed by atoms with Crippen LogP contribution in [-0.2, 0) is 0 Å². The molecule has 0 amide bonds. The third kappa shape index (κ3) is 8.80. The molecular weight excluding hydrogens is 408 g/mol. The van der Waals surface area contributed by atoms with Gasteiger partial charge in [0.2, 0.25) is 0 Å². The number of phenolic OH excluding ortho intramolecular Hbond substituents is 3. The third-order valence-corrected chi connectivity index (χ3v) is 4.69. The molecule has 0 aromatic heterocycles. The highest BCUT2D eigenvalue weighted by atomic mass is 16.3. The Morgan fingerprint density at radius 3 is 0.848 bits per heavy atom. The van der Waals surface area contributed by atoms with Gasteiger partial charge in [-0.25, -0.2) is 0 Å². The van der Waals surface area contributed by atoms with Crippen molar-refractivity contribution < 1.29 is 15.3 Å². The molecular formula is C30H30O3. The molecule has 0 aliphatic heterocycles. The van der Waals surface area contributed by atoms with Crippen molar-refractivity contribution in [3.63, 3.8) is 0 Å². The second-order valence-corrected chi connectivity index (χ2v) is 7.35. The van der Waals surface area contributed by atoms with Gasteiger partial charge in [0.1, 0.15) is 17.2 Å². The molecule has 0 radical (unpaired) electrons. The van der Waals surface area contributed by atoms with Crippen LogP contribution in [0.3, 0.4) is 0 Å². The summed E-state index contributed by atoms with van der Waals surface area (Å²) in [7, 11) is 0. The molecule has 4 rings (SSSR count). The topological polar surface area (TPSA) is 60.7 Å². The van der Waals surface area contributed by atoms with Crippen molar-refractivity contribution in [2.24, 2.45) is 0 Å². The summed E-state index contributed by atoms with van der Waals surface area (Å²) in [4.78, 5) is 0. The van der Waals surface area contributed by atoms with E-state index in [-0.39, 0.29) is 18.9 Å². The van der Waals surface area contributed by atoms with Gasteiger partial charge in [0, 0.05) is 0 Å². The molecule has 0 saturated carbocycles. The van der Waals surface area contributed by atoms with Crippen LogP contribution < -0.4 is 0 Å². The number of phenols is 3. The number of rotatable bonds is 4. The van der Waals surface area contributed by atoms with Crippen LogP contribution in [0.15, 0.2) is 97.1 Å². The fourth-order valence-electron chi connectivity index (χ4n) is 2.82. The lowest BCUT2D eigenvalue weighted by Crippen LogP contribution is -1.74. The zero-order valence-corrected chi connectivity index (χ0v) is 17.9. The molecule has 0 heterocycles. The molecule has 3 nitrogen and oxygen atoms in total. The molecule has 33 heavy (non-hydrogen) atoms. The molecule has 0 aliphatic rings. The summed E-state index contributed by atoms with van der Waals surface area (Å²) < 4.78 is 0. The number of benzene rings is 4. The Bertz CT molecular complexity index is 961. The van der Waals surface area contributed by atoms with Crippen LogP contribution in [0.25, 0.3) is 24.3 Å². The second-order valence-electron chi connectivity index (χ2n) is 7.35. The molecule has 0 bridgehead atoms. The predicted octanol–water partition coefficient (Wildman–Crippen LogP) is 7.78. The lowest BCUT2D eigenvalue weighted by atomic mass is 10.1. The lowest BCUT2D eigenvalue weighted by molar-refractivity contribution is 0.474. The summed E-state index contributed by atoms with van der Waals surface area (Å²) in [6.07, 6.45) is 7.99. The highest BCUT2D eigenvalue weighted by Gasteiger charge is 1.91. The van der Waals surface area contributed by atoms with Crippen LogP contribution in [0.1, 0.15) is 35.2 Å². The monoisotopic (exact) mass is 438 g/mol. The first-order chi connectivity index (χ1) is 15.5. The van der Waals surface area contributed by atoms with Crippen molar-refractivity contribution in [1.29, 1.82) is 0 Å². The minimum absolute atomic E-state index is 0. The number of aryl methyl sites for hydroxylation is 1. The number of hydrogen-bond donors (Lipinski definition) is 3. The molecule has 3 heteroatoms. The first kappa shape index (κ1) is 25.0. The number of hydrogen-bond acceptors (Lipinski definition) is 3. The molecule has 0 saturated heterocycles. The van der Waals surface area contributed by atoms with Crippen LogP contribution in [0.4, 0.5) is 0 Å². The van der Waals surface area contributed by atoms with E-state index >= 15 is 0 Å². The van der Waals surface area contributed by atoms with Gasteiger partial charge >= 0.3 is 0 Å². The van der Waals surface area contributed by atoms with E-state index in [1.165, 1.54) is 11.1 Å². The third-order valence-electron chi connectivity index (χ3n) is 4.69. The van der Waals surface area contributed by atoms with Gasteiger partial charge in [0.15, 0.2) is 0 Å². The normalized spacial score (nSPS) is 10.5. The minimum Gasteiger partial charge on any atom is -0.508 e. The highest BCUT2D eigenvalue weighted by Crippen LogP contribution is 2.15. The van der Waals surface area contributed by atoms with Crippen LogP contribution in [0.2, 0.25) is 0 Å². The molecule has 0 fully saturated rings. The van der Waals surface area contributed by atoms with E-state index in [2.05, 4.69) is 37.3 Å². The maximum atomic E-state index is 9.15. The van der Waals surface area contributed by atoms with Crippen LogP contribution in [0, 0.1) is 6.92 Å². The Labute approximate surface area is 196 Å². The van der Waals surface area contributed by atoms with Crippen molar-refractivity contribution in [1.82, 2.24) is 0 Å². The molecule has 0 unspecified atom stereocenters. The molecule has 3 N–H and O–H groups in total. The van der Waals surface area contributed by atoms with Crippen molar-refractivity contribution in [2.45, 2.75) is 14.4 Å². The van der Waals surface area contributed by atoms with Crippen molar-refractivity contribution >= 4 is 24.3 Å². The van der Waals surface area contributed by atoms with Gasteiger partial charge in [-0.15, -0.1) is 0 Å². The maximum Gasteiger partial charge on any atom is 0.115 e. The largest absolute Gasteiger partial charge is 0.508 e. The molecule has 0 spiro atoms. The van der Waals surface area contributed by atoms with Gasteiger partial charge in [-0.3, -0.25) is 0 Å². The summed E-state index contributed by atoms with van der Waals surface area (Å²) >= 11 is 0. The first-order valence-corrected chi connectivity index (χ1v) is 10.3. The van der Waals surface area contributed by atoms with Crippen LogP contribution >= 0.6 is 0 Å². The fourth-order valence-corrected chi connectivity index (χ4v) is 2.82. The first-order valence-electron chi connectivity index (χ1n) is 10.3. The second kappa shape index (κ2) is 12.6. The highest BCUT2D eigenvalue weighted by molar-refractivity contribution is 5.70. The molecule has 0 atom stereocenters. The fraction of sp³-hybridized carbons (Fsp3) is 0.0667. The van der Waals surface area contributed by atoms with Gasteiger partial charge in [-0.1, -0.05) is 98.0 Å². The van der Waals surface area contributed by atoms with Crippen LogP contribution in [0.5, 0.6) is 17.2 Å². The summed E-state index contributed by atoms with van der Waals surface area (Å²) in [6.45, 7) is 2.08. The van der Waals surface area contributed by atoms with Crippen molar-refractivity contribution in [2.75, 3.05) is 0 Å². The van der Waals surface area contributed by atoms with Gasteiger partial charge in [-0.05, 0) is 65.6 Å². The van der Waals surface area contributed by atoms with E-state index in [0.29, 0.717) is 5.75 Å². The van der Waals surface area contributed by atoms with Gasteiger partial charge in [0.25, 0.3) is 0 Å². The predicted molar refractivity (Wildman–Crippen MR) is 140 cm³/mol. The average Bonchev–Trinajstić information content (AvgIpc) is 2.81. The van der Waals surface area contributed by atoms with Crippen molar-refractivity contribution in [3.8, 4) is 17.2 Å². The Balaban J connectivity index is 0.000000227. The van der Waals surface area contributed by atoms with Crippen LogP contribution in [-0.4, -0.2) is 15.3 Å². The molecule has 0 aliphatic carbocycles. The van der Waals surface area contributed by atoms with Gasteiger partial charge in [-0.2, -0.15) is 0 Å². The smallest absolute Gasteiger partial charge is 0.115 e. The summed E-state index contributed by atoms with van der Waals surface area (Å²) in [6, 6.07) is 29.5. The molecule has 4 aromatic carbocycles. The molecule has 168 valence electrons. The summed E-state index contributed by atoms with van der Waals surface area (Å²) in [5, 5.41) is 27.4. The van der Waals surface area contributed by atoms with E-state index in [0.717, 1.165) is 16.7 Å². The number of aromatic hydroxyl groups is 3. The van der Waals surface area contributed by atoms with E-state index in [9.17, 15) is 0 Å². The van der Waals surface area contributed by atoms with E-state index < -0.39 is 0 Å². The Morgan fingerprint density at radius 2 is 0.606 bits per heavy atom. The Hall–Kier alpha value is -4.24. The van der Waals surface area contributed by atoms with E-state index in [1.54, 1.807) is 36.4 Å². The molecule has 4 aromatic rings. The average molecular weight is 439 g/mol. The SMILES string of the molecule is C.Cc1ccc(/C=C/c2ccc(O)cc2)cc1.Oc1ccc(/C=C\c2ccc(O)cc2)cc1. The quantitative estimate of drug-likeness (QED) is 0.285. The zero-order valence-electron chi connectivity index (χ0n) is 17.9. The standard InChI is InChI=1S/C15H14O.C14H12O2.CH4/c1-12-2-4-13(5-3-12)6-7-14-8-10-15(16)11-9-14;15-13-7-3-11(4-8-13)1-2-12-5-9-14(16)10-6-12;/h2-11,16H,1H3;1-10,15-16H;1H4/b7-6+;2-1-;. The summed E-state index contributed by atoms with van der Waals surface area (Å²) in [5.41, 5.74) is 5.57. The van der Waals surface area contributed by atoms with E-state index in [1.807, 2.05) is 54.6 Å². The van der Waals surface area contributed by atoms with E-state index in [4.69, 9.17) is 15.3 Å². The summed E-state index contributed by atoms with van der Waals surface area (Å²) in [5.74, 6) is 0.830. The zero-order chi connectivity index (χ0) is 22.8. The van der Waals surface area contributed by atoms with Gasteiger partial charge < -0.3 is 15.3 Å². The minimum atomic E-state index is 0. The Kier molecular flexibility index (Phi) is 9.54. The van der Waals surface area contributed by atoms with Crippen molar-refractivity contribution in [3.05, 3.63) is 125 Å². The maximum absolute atomic E-state index is 9.15.